The van der Waals surface area contributed by atoms with Crippen molar-refractivity contribution in [3.63, 3.8) is 0 Å². The van der Waals surface area contributed by atoms with E-state index >= 15 is 0 Å². The highest BCUT2D eigenvalue weighted by atomic mass is 32.1. The lowest BCUT2D eigenvalue weighted by Crippen LogP contribution is -2.45. The summed E-state index contributed by atoms with van der Waals surface area (Å²) in [7, 11) is 2.72. The molecule has 2 aromatic carbocycles. The van der Waals surface area contributed by atoms with E-state index in [1.54, 1.807) is 56.3 Å². The molecule has 1 aliphatic heterocycles. The second-order valence-electron chi connectivity index (χ2n) is 8.19. The maximum Gasteiger partial charge on any atom is 0.343 e. The first-order valence-electron chi connectivity index (χ1n) is 12.1. The molecule has 3 N–H and O–H groups in total. The number of nitrogens with zero attached hydrogens (tertiary/aromatic N) is 1. The van der Waals surface area contributed by atoms with Gasteiger partial charge < -0.3 is 34.3 Å². The number of esters is 2. The van der Waals surface area contributed by atoms with Crippen LogP contribution in [-0.4, -0.2) is 63.2 Å². The molecule has 2 aromatic rings. The van der Waals surface area contributed by atoms with Crippen LogP contribution in [-0.2, 0) is 23.9 Å². The monoisotopic (exact) mass is 570 g/mol. The molecule has 12 nitrogen and oxygen atoms in total. The molecule has 0 radical (unpaired) electrons. The van der Waals surface area contributed by atoms with Gasteiger partial charge in [0.25, 0.3) is 5.91 Å². The van der Waals surface area contributed by atoms with Gasteiger partial charge in [-0.3, -0.25) is 4.79 Å². The zero-order chi connectivity index (χ0) is 29.1. The van der Waals surface area contributed by atoms with E-state index in [0.717, 1.165) is 0 Å². The standard InChI is InChI=1S/C27H30N4O8S/c1-5-37-26(34)24-16(2)29-27(40)30-25(24)18-8-6-7-9-19(18)38-14-22(32)31-28-13-17-10-11-20(21(12-17)35-3)39-15-23(33)36-4/h6-13,25H,5,14-15H2,1-4H3,(H,31,32)(H2,29,30,40)/t25-/m0/s1. The highest BCUT2D eigenvalue weighted by Gasteiger charge is 2.32. The molecular formula is C27H30N4O8S. The number of nitrogens with one attached hydrogen (secondary N) is 3. The Kier molecular flexibility index (Phi) is 10.8. The Hall–Kier alpha value is -4.65. The van der Waals surface area contributed by atoms with Gasteiger partial charge in [0.2, 0.25) is 0 Å². The number of hydrogen-bond acceptors (Lipinski definition) is 10. The van der Waals surface area contributed by atoms with E-state index in [1.165, 1.54) is 20.4 Å². The zero-order valence-electron chi connectivity index (χ0n) is 22.4. The third kappa shape index (κ3) is 7.93. The number of carbonyl (C=O) groups is 3. The Morgan fingerprint density at radius 3 is 2.52 bits per heavy atom. The molecule has 1 atom stereocenters. The van der Waals surface area contributed by atoms with Gasteiger partial charge in [0.05, 0.1) is 38.7 Å². The van der Waals surface area contributed by atoms with Crippen molar-refractivity contribution >= 4 is 41.4 Å². The predicted octanol–water partition coefficient (Wildman–Crippen LogP) is 2.13. The van der Waals surface area contributed by atoms with Crippen molar-refractivity contribution in [3.05, 3.63) is 64.9 Å². The zero-order valence-corrected chi connectivity index (χ0v) is 23.3. The Labute approximate surface area is 236 Å². The lowest BCUT2D eigenvalue weighted by atomic mass is 9.95. The first kappa shape index (κ1) is 29.9. The summed E-state index contributed by atoms with van der Waals surface area (Å²) in [5.74, 6) is -0.429. The second-order valence-corrected chi connectivity index (χ2v) is 8.59. The number of ether oxygens (including phenoxy) is 5. The van der Waals surface area contributed by atoms with Crippen molar-refractivity contribution in [2.24, 2.45) is 5.10 Å². The molecule has 0 aromatic heterocycles. The molecule has 0 saturated carbocycles. The van der Waals surface area contributed by atoms with Crippen molar-refractivity contribution in [1.82, 2.24) is 16.1 Å². The number of carbonyl (C=O) groups excluding carboxylic acids is 3. The van der Waals surface area contributed by atoms with E-state index in [2.05, 4.69) is 25.9 Å². The summed E-state index contributed by atoms with van der Waals surface area (Å²) < 4.78 is 26.2. The number of hydrazone groups is 1. The summed E-state index contributed by atoms with van der Waals surface area (Å²) in [6, 6.07) is 11.3. The topological polar surface area (TPSA) is 146 Å². The first-order chi connectivity index (χ1) is 19.3. The molecule has 3 rings (SSSR count). The number of rotatable bonds is 12. The number of thiocarbonyl (C=S) groups is 1. The molecular weight excluding hydrogens is 540 g/mol. The molecule has 0 spiro atoms. The summed E-state index contributed by atoms with van der Waals surface area (Å²) in [5.41, 5.74) is 4.53. The Balaban J connectivity index is 1.65. The molecule has 1 aliphatic rings. The summed E-state index contributed by atoms with van der Waals surface area (Å²) in [6.07, 6.45) is 1.41. The van der Waals surface area contributed by atoms with E-state index in [0.29, 0.717) is 44.8 Å². The second kappa shape index (κ2) is 14.5. The molecule has 13 heteroatoms. The van der Waals surface area contributed by atoms with Crippen LogP contribution in [0.2, 0.25) is 0 Å². The van der Waals surface area contributed by atoms with E-state index in [4.69, 9.17) is 31.2 Å². The van der Waals surface area contributed by atoms with Crippen molar-refractivity contribution < 1.29 is 38.1 Å². The minimum atomic E-state index is -0.639. The van der Waals surface area contributed by atoms with Crippen molar-refractivity contribution in [3.8, 4) is 17.2 Å². The largest absolute Gasteiger partial charge is 0.493 e. The highest BCUT2D eigenvalue weighted by Crippen LogP contribution is 2.33. The molecule has 0 saturated heterocycles. The predicted molar refractivity (Wildman–Crippen MR) is 149 cm³/mol. The van der Waals surface area contributed by atoms with Gasteiger partial charge >= 0.3 is 11.9 Å². The number of para-hydroxylation sites is 1. The molecule has 0 fully saturated rings. The van der Waals surface area contributed by atoms with E-state index < -0.39 is 23.9 Å². The third-order valence-corrected chi connectivity index (χ3v) is 5.74. The quantitative estimate of drug-likeness (QED) is 0.149. The maximum absolute atomic E-state index is 12.7. The van der Waals surface area contributed by atoms with Gasteiger partial charge in [0.1, 0.15) is 5.75 Å². The number of benzene rings is 2. The summed E-state index contributed by atoms with van der Waals surface area (Å²) in [4.78, 5) is 36.4. The molecule has 1 amide bonds. The molecule has 40 heavy (non-hydrogen) atoms. The van der Waals surface area contributed by atoms with Crippen LogP contribution < -0.4 is 30.3 Å². The van der Waals surface area contributed by atoms with E-state index in [1.807, 2.05) is 0 Å². The summed E-state index contributed by atoms with van der Waals surface area (Å²) >= 11 is 5.29. The van der Waals surface area contributed by atoms with Crippen LogP contribution in [0.1, 0.15) is 31.0 Å². The van der Waals surface area contributed by atoms with Crippen LogP contribution in [0, 0.1) is 0 Å². The van der Waals surface area contributed by atoms with Gasteiger partial charge in [-0.2, -0.15) is 5.10 Å². The van der Waals surface area contributed by atoms with Crippen LogP contribution in [0.15, 0.2) is 58.8 Å². The van der Waals surface area contributed by atoms with Gasteiger partial charge in [-0.1, -0.05) is 18.2 Å². The van der Waals surface area contributed by atoms with Crippen LogP contribution >= 0.6 is 12.2 Å². The van der Waals surface area contributed by atoms with Gasteiger partial charge in [-0.15, -0.1) is 0 Å². The minimum Gasteiger partial charge on any atom is -0.493 e. The van der Waals surface area contributed by atoms with Gasteiger partial charge in [-0.25, -0.2) is 15.0 Å². The highest BCUT2D eigenvalue weighted by molar-refractivity contribution is 7.80. The van der Waals surface area contributed by atoms with Crippen molar-refractivity contribution in [2.75, 3.05) is 34.0 Å². The smallest absolute Gasteiger partial charge is 0.343 e. The molecule has 1 heterocycles. The van der Waals surface area contributed by atoms with E-state index in [-0.39, 0.29) is 19.8 Å². The Morgan fingerprint density at radius 1 is 1.05 bits per heavy atom. The molecule has 0 bridgehead atoms. The third-order valence-electron chi connectivity index (χ3n) is 5.52. The minimum absolute atomic E-state index is 0.214. The van der Waals surface area contributed by atoms with Gasteiger partial charge in [0.15, 0.2) is 29.8 Å². The lowest BCUT2D eigenvalue weighted by Gasteiger charge is -2.30. The molecule has 0 aliphatic carbocycles. The molecule has 0 unspecified atom stereocenters. The normalized spacial score (nSPS) is 14.6. The van der Waals surface area contributed by atoms with E-state index in [9.17, 15) is 14.4 Å². The van der Waals surface area contributed by atoms with Crippen molar-refractivity contribution in [2.45, 2.75) is 19.9 Å². The average molecular weight is 571 g/mol. The Morgan fingerprint density at radius 2 is 1.80 bits per heavy atom. The maximum atomic E-state index is 12.7. The lowest BCUT2D eigenvalue weighted by molar-refractivity contribution is -0.143. The average Bonchev–Trinajstić information content (AvgIpc) is 2.94. The van der Waals surface area contributed by atoms with Gasteiger partial charge in [0, 0.05) is 11.3 Å². The number of amides is 1. The Bertz CT molecular complexity index is 1330. The fourth-order valence-corrected chi connectivity index (χ4v) is 3.96. The number of methoxy groups -OCH3 is 2. The molecule has 212 valence electrons. The van der Waals surface area contributed by atoms with Crippen LogP contribution in [0.3, 0.4) is 0 Å². The van der Waals surface area contributed by atoms with Gasteiger partial charge in [-0.05, 0) is 55.9 Å². The first-order valence-corrected chi connectivity index (χ1v) is 12.5. The summed E-state index contributed by atoms with van der Waals surface area (Å²) in [5, 5.41) is 10.3. The SMILES string of the molecule is CCOC(=O)C1=C(C)NC(=S)N[C@H]1c1ccccc1OCC(=O)NN=Cc1ccc(OCC(=O)OC)c(OC)c1. The fraction of sp³-hybridized carbons (Fsp3) is 0.296. The fourth-order valence-electron chi connectivity index (χ4n) is 3.69. The van der Waals surface area contributed by atoms with Crippen molar-refractivity contribution in [1.29, 1.82) is 0 Å². The van der Waals surface area contributed by atoms with Crippen LogP contribution in [0.25, 0.3) is 0 Å². The van der Waals surface area contributed by atoms with Crippen LogP contribution in [0.5, 0.6) is 17.2 Å². The number of allylic oxidation sites excluding steroid dienone is 1. The van der Waals surface area contributed by atoms with Crippen LogP contribution in [0.4, 0.5) is 0 Å². The number of hydrogen-bond donors (Lipinski definition) is 3. The summed E-state index contributed by atoms with van der Waals surface area (Å²) in [6.45, 7) is 3.07.